The SMILES string of the molecule is CCCC(Oc1ccc(/C=N/N(C)[PH](=S)C(C)(C)OC)cc1)[PH](=S)N(C)/N=C/c1ccc(O[C@@](C)(CC)[PH](=S)N(C)/N=C/c2ccc(O)cc2)cc1. The topological polar surface area (TPSA) is 94.7 Å². The van der Waals surface area contributed by atoms with Gasteiger partial charge in [-0.3, -0.25) is 14.3 Å². The fourth-order valence-corrected chi connectivity index (χ4v) is 10.2. The molecule has 16 heteroatoms. The monoisotopic (exact) mass is 822 g/mol. The van der Waals surface area contributed by atoms with E-state index in [4.69, 9.17) is 54.7 Å². The van der Waals surface area contributed by atoms with Gasteiger partial charge in [-0.25, -0.2) is 0 Å². The largest absolute Gasteiger partial charge is 0.508 e. The maximum Gasteiger partial charge on any atom is 0.149 e. The highest BCUT2D eigenvalue weighted by Gasteiger charge is 2.31. The van der Waals surface area contributed by atoms with Gasteiger partial charge in [-0.2, -0.15) is 15.3 Å². The van der Waals surface area contributed by atoms with Crippen molar-refractivity contribution < 1.29 is 19.3 Å². The lowest BCUT2D eigenvalue weighted by Crippen LogP contribution is -2.30. The van der Waals surface area contributed by atoms with Gasteiger partial charge in [0.2, 0.25) is 0 Å². The van der Waals surface area contributed by atoms with Gasteiger partial charge in [0.25, 0.3) is 0 Å². The van der Waals surface area contributed by atoms with Gasteiger partial charge < -0.3 is 19.3 Å². The van der Waals surface area contributed by atoms with E-state index in [9.17, 15) is 5.11 Å². The number of nitrogens with zero attached hydrogens (tertiary/aromatic N) is 6. The molecule has 0 aliphatic rings. The Morgan fingerprint density at radius 2 is 1.15 bits per heavy atom. The van der Waals surface area contributed by atoms with Gasteiger partial charge in [0.15, 0.2) is 0 Å². The Balaban J connectivity index is 1.60. The molecule has 0 amide bonds. The number of aromatic hydroxyl groups is 1. The predicted octanol–water partition coefficient (Wildman–Crippen LogP) is 8.76. The maximum absolute atomic E-state index is 9.53. The van der Waals surface area contributed by atoms with E-state index in [2.05, 4.69) is 24.1 Å². The Morgan fingerprint density at radius 3 is 1.62 bits per heavy atom. The van der Waals surface area contributed by atoms with Gasteiger partial charge in [-0.1, -0.05) is 55.7 Å². The van der Waals surface area contributed by atoms with E-state index < -0.39 is 31.2 Å². The second-order valence-electron chi connectivity index (χ2n) is 12.8. The van der Waals surface area contributed by atoms with E-state index in [0.29, 0.717) is 0 Å². The molecule has 0 heterocycles. The van der Waals surface area contributed by atoms with E-state index >= 15 is 0 Å². The van der Waals surface area contributed by atoms with Crippen LogP contribution in [-0.4, -0.2) is 82.9 Å². The average Bonchev–Trinajstić information content (AvgIpc) is 3.15. The highest BCUT2D eigenvalue weighted by atomic mass is 32.4. The molecular formula is C36H53N6O4P3S3. The number of hydrogen-bond acceptors (Lipinski definition) is 10. The van der Waals surface area contributed by atoms with Gasteiger partial charge in [0, 0.05) is 28.3 Å². The molecule has 0 aliphatic heterocycles. The first-order valence-electron chi connectivity index (χ1n) is 17.0. The minimum atomic E-state index is -1.64. The molecule has 3 aromatic rings. The van der Waals surface area contributed by atoms with Crippen LogP contribution in [0, 0.1) is 0 Å². The number of phenolic OH excluding ortho intramolecular Hbond substituents is 1. The number of rotatable bonds is 20. The summed E-state index contributed by atoms with van der Waals surface area (Å²) in [5.41, 5.74) is 2.75. The predicted molar refractivity (Wildman–Crippen MR) is 234 cm³/mol. The molecular weight excluding hydrogens is 770 g/mol. The highest BCUT2D eigenvalue weighted by molar-refractivity contribution is 8.05. The Hall–Kier alpha value is -2.62. The molecule has 0 fully saturated rings. The fourth-order valence-electron chi connectivity index (χ4n) is 4.65. The molecule has 5 atom stereocenters. The molecule has 0 radical (unpaired) electrons. The second kappa shape index (κ2) is 20.7. The molecule has 1 N–H and O–H groups in total. The summed E-state index contributed by atoms with van der Waals surface area (Å²) in [6.45, 7) is 5.57. The van der Waals surface area contributed by atoms with Crippen LogP contribution in [0.25, 0.3) is 0 Å². The van der Waals surface area contributed by atoms with Crippen LogP contribution in [0.3, 0.4) is 0 Å². The third-order valence-corrected chi connectivity index (χ3v) is 19.9. The minimum absolute atomic E-state index is 0.139. The van der Waals surface area contributed by atoms with Crippen molar-refractivity contribution in [1.29, 1.82) is 0 Å². The summed E-state index contributed by atoms with van der Waals surface area (Å²) in [7, 11) is 7.36. The summed E-state index contributed by atoms with van der Waals surface area (Å²) < 4.78 is 24.0. The Kier molecular flexibility index (Phi) is 17.5. The third-order valence-electron chi connectivity index (χ3n) is 8.30. The number of methoxy groups -OCH3 is 1. The number of ether oxygens (including phenoxy) is 3. The molecule has 52 heavy (non-hydrogen) atoms. The molecule has 0 spiro atoms. The zero-order chi connectivity index (χ0) is 38.5. The summed E-state index contributed by atoms with van der Waals surface area (Å²) in [5, 5.41) is 22.4. The van der Waals surface area contributed by atoms with Crippen molar-refractivity contribution >= 4 is 74.6 Å². The van der Waals surface area contributed by atoms with Crippen molar-refractivity contribution in [2.75, 3.05) is 28.3 Å². The van der Waals surface area contributed by atoms with Crippen LogP contribution >= 0.6 is 20.5 Å². The Labute approximate surface area is 327 Å². The normalized spacial score (nSPS) is 15.6. The molecule has 3 aromatic carbocycles. The minimum Gasteiger partial charge on any atom is -0.508 e. The number of phenols is 1. The van der Waals surface area contributed by atoms with Crippen molar-refractivity contribution in [1.82, 2.24) is 14.3 Å². The Morgan fingerprint density at radius 1 is 0.712 bits per heavy atom. The van der Waals surface area contributed by atoms with Gasteiger partial charge >= 0.3 is 0 Å². The van der Waals surface area contributed by atoms with E-state index in [1.807, 2.05) is 111 Å². The van der Waals surface area contributed by atoms with Crippen LogP contribution in [0.15, 0.2) is 88.1 Å². The fraction of sp³-hybridized carbons (Fsp3) is 0.417. The number of hydrazone groups is 3. The number of benzene rings is 3. The highest BCUT2D eigenvalue weighted by Crippen LogP contribution is 2.46. The quantitative estimate of drug-likeness (QED) is 0.0678. The smallest absolute Gasteiger partial charge is 0.149 e. The molecule has 0 bridgehead atoms. The third kappa shape index (κ3) is 13.0. The summed E-state index contributed by atoms with van der Waals surface area (Å²) >= 11 is 17.7. The summed E-state index contributed by atoms with van der Waals surface area (Å²) in [6.07, 6.45) is 7.85. The molecule has 4 unspecified atom stereocenters. The average molecular weight is 823 g/mol. The van der Waals surface area contributed by atoms with Crippen LogP contribution in [0.1, 0.15) is 70.6 Å². The molecule has 3 rings (SSSR count). The molecule has 10 nitrogen and oxygen atoms in total. The van der Waals surface area contributed by atoms with Gasteiger partial charge in [0.1, 0.15) is 33.8 Å². The van der Waals surface area contributed by atoms with E-state index in [1.165, 1.54) is 0 Å². The lowest BCUT2D eigenvalue weighted by atomic mass is 10.2. The standard InChI is InChI=1S/C36H53N6O4P3S3/c1-10-12-34(45-32-21-15-29(16-22-32)27-38-41(7)48(51)35(3,4)44-9)47(50)40(6)37-25-30-17-23-33(24-18-30)46-36(5,11-2)49(52)42(8)39-26-28-13-19-31(43)20-14-28/h13-27,34,43,47-49H,10-12H2,1-9H3/b37-25+,38-27+,39-26+/t34?,36-/m1/s1. The lowest BCUT2D eigenvalue weighted by Gasteiger charge is -2.34. The van der Waals surface area contributed by atoms with Gasteiger partial charge in [-0.15, -0.1) is 0 Å². The van der Waals surface area contributed by atoms with E-state index in [1.54, 1.807) is 43.8 Å². The van der Waals surface area contributed by atoms with Crippen LogP contribution in [0.4, 0.5) is 0 Å². The van der Waals surface area contributed by atoms with Crippen molar-refractivity contribution in [2.45, 2.75) is 70.4 Å². The molecule has 0 aliphatic carbocycles. The molecule has 0 saturated carbocycles. The van der Waals surface area contributed by atoms with Crippen molar-refractivity contribution in [3.05, 3.63) is 89.5 Å². The van der Waals surface area contributed by atoms with Gasteiger partial charge in [0.05, 0.1) is 39.2 Å². The first-order chi connectivity index (χ1) is 24.6. The molecule has 0 aromatic heterocycles. The zero-order valence-corrected chi connectivity index (χ0v) is 36.9. The van der Waals surface area contributed by atoms with Crippen LogP contribution in [0.2, 0.25) is 0 Å². The first-order valence-corrected chi connectivity index (χ1v) is 24.8. The van der Waals surface area contributed by atoms with Gasteiger partial charge in [-0.05, 0) is 123 Å². The summed E-state index contributed by atoms with van der Waals surface area (Å²) in [6, 6.07) is 22.5. The van der Waals surface area contributed by atoms with Crippen molar-refractivity contribution in [2.24, 2.45) is 15.3 Å². The Bertz CT molecular complexity index is 1750. The van der Waals surface area contributed by atoms with Crippen molar-refractivity contribution in [3.8, 4) is 17.2 Å². The van der Waals surface area contributed by atoms with E-state index in [0.717, 1.165) is 47.5 Å². The molecule has 284 valence electrons. The van der Waals surface area contributed by atoms with Crippen LogP contribution in [-0.2, 0) is 40.2 Å². The molecule has 0 saturated heterocycles. The van der Waals surface area contributed by atoms with Crippen LogP contribution in [0.5, 0.6) is 17.2 Å². The van der Waals surface area contributed by atoms with Crippen molar-refractivity contribution in [3.63, 3.8) is 0 Å². The number of hydrogen-bond donors (Lipinski definition) is 1. The first kappa shape index (κ1) is 43.8. The second-order valence-corrected chi connectivity index (χ2v) is 23.1. The zero-order valence-electron chi connectivity index (χ0n) is 31.4. The summed E-state index contributed by atoms with van der Waals surface area (Å²) in [4.78, 5) is 0. The maximum atomic E-state index is 9.53. The summed E-state index contributed by atoms with van der Waals surface area (Å²) in [5.74, 6) is 1.57. The lowest BCUT2D eigenvalue weighted by molar-refractivity contribution is 0.0958. The van der Waals surface area contributed by atoms with Crippen LogP contribution < -0.4 is 9.47 Å². The van der Waals surface area contributed by atoms with E-state index in [-0.39, 0.29) is 11.6 Å².